The highest BCUT2D eigenvalue weighted by atomic mass is 35.5. The summed E-state index contributed by atoms with van der Waals surface area (Å²) in [6, 6.07) is 2.38. The summed E-state index contributed by atoms with van der Waals surface area (Å²) < 4.78 is 18.4. The maximum Gasteiger partial charge on any atom is 0.198 e. The second-order valence-corrected chi connectivity index (χ2v) is 4.63. The van der Waals surface area contributed by atoms with Crippen LogP contribution in [0.1, 0.15) is 12.8 Å². The van der Waals surface area contributed by atoms with E-state index in [-0.39, 0.29) is 23.9 Å². The molecule has 1 heterocycles. The highest BCUT2D eigenvalue weighted by Crippen LogP contribution is 2.26. The van der Waals surface area contributed by atoms with Crippen LogP contribution in [-0.2, 0) is 6.42 Å². The molecule has 0 saturated carbocycles. The Hall–Kier alpha value is -1.17. The third-order valence-electron chi connectivity index (χ3n) is 2.43. The van der Waals surface area contributed by atoms with Gasteiger partial charge in [-0.2, -0.15) is 0 Å². The smallest absolute Gasteiger partial charge is 0.198 e. The van der Waals surface area contributed by atoms with Crippen LogP contribution >= 0.6 is 11.6 Å². The van der Waals surface area contributed by atoms with Crippen LogP contribution < -0.4 is 5.73 Å². The molecule has 17 heavy (non-hydrogen) atoms. The van der Waals surface area contributed by atoms with Gasteiger partial charge in [-0.3, -0.25) is 0 Å². The second kappa shape index (κ2) is 4.25. The Morgan fingerprint density at radius 3 is 2.94 bits per heavy atom. The van der Waals surface area contributed by atoms with Crippen LogP contribution in [0.4, 0.5) is 4.39 Å². The molecule has 1 aromatic carbocycles. The molecule has 0 saturated heterocycles. The number of nitrogens with zero attached hydrogens (tertiary/aromatic N) is 1. The zero-order valence-corrected chi connectivity index (χ0v) is 9.96. The number of halogens is 2. The molecule has 2 rings (SSSR count). The van der Waals surface area contributed by atoms with E-state index in [9.17, 15) is 9.50 Å². The number of aromatic nitrogens is 1. The second-order valence-electron chi connectivity index (χ2n) is 4.22. The first-order chi connectivity index (χ1) is 7.91. The average Bonchev–Trinajstić information content (AvgIpc) is 2.59. The summed E-state index contributed by atoms with van der Waals surface area (Å²) >= 11 is 5.82. The van der Waals surface area contributed by atoms with Crippen molar-refractivity contribution in [2.75, 3.05) is 6.54 Å². The molecule has 1 aromatic heterocycles. The fourth-order valence-electron chi connectivity index (χ4n) is 1.48. The summed E-state index contributed by atoms with van der Waals surface area (Å²) in [6.45, 7) is 1.65. The minimum atomic E-state index is -1.11. The van der Waals surface area contributed by atoms with Gasteiger partial charge in [-0.1, -0.05) is 11.6 Å². The van der Waals surface area contributed by atoms with Gasteiger partial charge in [-0.25, -0.2) is 9.37 Å². The molecule has 2 aromatic rings. The van der Waals surface area contributed by atoms with E-state index in [1.54, 1.807) is 6.92 Å². The Labute approximate surface area is 102 Å². The van der Waals surface area contributed by atoms with Gasteiger partial charge in [0.05, 0.1) is 17.0 Å². The fraction of sp³-hybridized carbons (Fsp3) is 0.364. The van der Waals surface area contributed by atoms with E-state index in [2.05, 4.69) is 4.98 Å². The molecule has 4 nitrogen and oxygen atoms in total. The highest BCUT2D eigenvalue weighted by Gasteiger charge is 2.22. The Bertz CT molecular complexity index is 554. The Balaban J connectivity index is 2.42. The van der Waals surface area contributed by atoms with Crippen molar-refractivity contribution in [2.24, 2.45) is 5.73 Å². The molecule has 0 radical (unpaired) electrons. The largest absolute Gasteiger partial charge is 0.439 e. The molecule has 0 spiro atoms. The summed E-state index contributed by atoms with van der Waals surface area (Å²) in [6.07, 6.45) is 0.149. The van der Waals surface area contributed by atoms with Crippen molar-refractivity contribution in [1.82, 2.24) is 4.98 Å². The van der Waals surface area contributed by atoms with E-state index < -0.39 is 11.4 Å². The summed E-state index contributed by atoms with van der Waals surface area (Å²) in [4.78, 5) is 4.06. The van der Waals surface area contributed by atoms with Crippen molar-refractivity contribution in [1.29, 1.82) is 0 Å². The lowest BCUT2D eigenvalue weighted by atomic mass is 10.0. The van der Waals surface area contributed by atoms with Crippen molar-refractivity contribution in [3.05, 3.63) is 28.9 Å². The first-order valence-corrected chi connectivity index (χ1v) is 5.46. The van der Waals surface area contributed by atoms with Crippen molar-refractivity contribution in [2.45, 2.75) is 18.9 Å². The number of hydrogen-bond donors (Lipinski definition) is 2. The number of hydrogen-bond acceptors (Lipinski definition) is 4. The molecule has 92 valence electrons. The average molecular weight is 259 g/mol. The van der Waals surface area contributed by atoms with Crippen molar-refractivity contribution in [3.63, 3.8) is 0 Å². The third kappa shape index (κ3) is 2.57. The predicted octanol–water partition coefficient (Wildman–Crippen LogP) is 1.87. The van der Waals surface area contributed by atoms with Crippen LogP contribution in [0.5, 0.6) is 0 Å². The molecule has 0 bridgehead atoms. The minimum Gasteiger partial charge on any atom is -0.439 e. The number of rotatable bonds is 3. The molecule has 1 atom stereocenters. The quantitative estimate of drug-likeness (QED) is 0.882. The molecule has 3 N–H and O–H groups in total. The number of aliphatic hydroxyl groups is 1. The van der Waals surface area contributed by atoms with Gasteiger partial charge in [0.1, 0.15) is 11.3 Å². The zero-order chi connectivity index (χ0) is 12.6. The minimum absolute atomic E-state index is 0.0772. The van der Waals surface area contributed by atoms with Gasteiger partial charge >= 0.3 is 0 Å². The van der Waals surface area contributed by atoms with Crippen molar-refractivity contribution < 1.29 is 13.9 Å². The predicted molar refractivity (Wildman–Crippen MR) is 62.4 cm³/mol. The molecule has 1 unspecified atom stereocenters. The van der Waals surface area contributed by atoms with E-state index in [1.807, 2.05) is 0 Å². The van der Waals surface area contributed by atoms with Gasteiger partial charge in [0.2, 0.25) is 0 Å². The van der Waals surface area contributed by atoms with E-state index in [1.165, 1.54) is 6.07 Å². The molecular weight excluding hydrogens is 247 g/mol. The Kier molecular flexibility index (Phi) is 3.07. The number of fused-ring (bicyclic) bond motifs is 1. The lowest BCUT2D eigenvalue weighted by molar-refractivity contribution is 0.0632. The van der Waals surface area contributed by atoms with Crippen molar-refractivity contribution in [3.8, 4) is 0 Å². The number of nitrogens with two attached hydrogens (primary N) is 1. The van der Waals surface area contributed by atoms with Crippen LogP contribution in [0, 0.1) is 5.82 Å². The topological polar surface area (TPSA) is 72.3 Å². The standard InChI is InChI=1S/C11H12ClFN2O2/c1-11(16,5-14)4-9-15-8-3-6(13)2-7(12)10(8)17-9/h2-3,16H,4-5,14H2,1H3. The first-order valence-electron chi connectivity index (χ1n) is 5.08. The highest BCUT2D eigenvalue weighted by molar-refractivity contribution is 6.34. The third-order valence-corrected chi connectivity index (χ3v) is 2.71. The van der Waals surface area contributed by atoms with E-state index in [0.717, 1.165) is 6.07 Å². The Morgan fingerprint density at radius 2 is 2.29 bits per heavy atom. The molecule has 0 aliphatic heterocycles. The van der Waals surface area contributed by atoms with Crippen LogP contribution in [0.15, 0.2) is 16.5 Å². The summed E-state index contributed by atoms with van der Waals surface area (Å²) in [5.74, 6) is -0.198. The molecule has 0 amide bonds. The van der Waals surface area contributed by atoms with Gasteiger partial charge in [0, 0.05) is 12.6 Å². The fourth-order valence-corrected chi connectivity index (χ4v) is 1.72. The van der Waals surface area contributed by atoms with Crippen LogP contribution in [-0.4, -0.2) is 22.2 Å². The summed E-state index contributed by atoms with van der Waals surface area (Å²) in [7, 11) is 0. The monoisotopic (exact) mass is 258 g/mol. The van der Waals surface area contributed by atoms with E-state index >= 15 is 0 Å². The van der Waals surface area contributed by atoms with E-state index in [0.29, 0.717) is 11.1 Å². The van der Waals surface area contributed by atoms with Gasteiger partial charge in [-0.15, -0.1) is 0 Å². The van der Waals surface area contributed by atoms with Crippen LogP contribution in [0.3, 0.4) is 0 Å². The molecular formula is C11H12ClFN2O2. The summed E-state index contributed by atoms with van der Waals surface area (Å²) in [5, 5.41) is 9.95. The lowest BCUT2D eigenvalue weighted by Gasteiger charge is -2.18. The van der Waals surface area contributed by atoms with Gasteiger partial charge in [0.15, 0.2) is 11.5 Å². The maximum absolute atomic E-state index is 13.1. The molecule has 0 aliphatic rings. The van der Waals surface area contributed by atoms with Gasteiger partial charge in [0.25, 0.3) is 0 Å². The Morgan fingerprint density at radius 1 is 1.59 bits per heavy atom. The van der Waals surface area contributed by atoms with Crippen molar-refractivity contribution >= 4 is 22.7 Å². The molecule has 0 fully saturated rings. The van der Waals surface area contributed by atoms with E-state index in [4.69, 9.17) is 21.8 Å². The van der Waals surface area contributed by atoms with Gasteiger partial charge < -0.3 is 15.3 Å². The number of benzene rings is 1. The lowest BCUT2D eigenvalue weighted by Crippen LogP contribution is -2.36. The SMILES string of the molecule is CC(O)(CN)Cc1nc2cc(F)cc(Cl)c2o1. The summed E-state index contributed by atoms with van der Waals surface area (Å²) in [5.41, 5.74) is 4.94. The first kappa shape index (κ1) is 12.3. The maximum atomic E-state index is 13.1. The number of oxazole rings is 1. The van der Waals surface area contributed by atoms with Crippen LogP contribution in [0.25, 0.3) is 11.1 Å². The van der Waals surface area contributed by atoms with Gasteiger partial charge in [-0.05, 0) is 13.0 Å². The normalized spacial score (nSPS) is 15.1. The molecule has 6 heteroatoms. The van der Waals surface area contributed by atoms with Crippen LogP contribution in [0.2, 0.25) is 5.02 Å². The zero-order valence-electron chi connectivity index (χ0n) is 9.20. The molecule has 0 aliphatic carbocycles.